The lowest BCUT2D eigenvalue weighted by molar-refractivity contribution is -0.121. The van der Waals surface area contributed by atoms with Crippen molar-refractivity contribution in [3.8, 4) is 5.75 Å². The van der Waals surface area contributed by atoms with Crippen LogP contribution in [0.15, 0.2) is 66.8 Å². The number of nitrogens with one attached hydrogen (secondary N) is 2. The summed E-state index contributed by atoms with van der Waals surface area (Å²) >= 11 is 0. The van der Waals surface area contributed by atoms with Crippen molar-refractivity contribution in [2.75, 3.05) is 24.5 Å². The largest absolute Gasteiger partial charge is 0.463 e. The molecule has 1 atom stereocenters. The summed E-state index contributed by atoms with van der Waals surface area (Å²) < 4.78 is 6.74. The van der Waals surface area contributed by atoms with Crippen molar-refractivity contribution in [1.82, 2.24) is 10.6 Å². The Kier molecular flexibility index (Phi) is 6.51. The highest BCUT2D eigenvalue weighted by molar-refractivity contribution is 5.92. The molecule has 2 N–H and O–H groups in total. The lowest BCUT2D eigenvalue weighted by Crippen LogP contribution is -2.60. The zero-order valence-corrected chi connectivity index (χ0v) is 20.2. The molecule has 0 aliphatic carbocycles. The molecule has 2 amide bonds. The fraction of sp³-hybridized carbons (Fsp3) is 0.357. The van der Waals surface area contributed by atoms with E-state index in [1.807, 2.05) is 30.3 Å². The van der Waals surface area contributed by atoms with Crippen molar-refractivity contribution in [2.45, 2.75) is 44.8 Å². The number of amides is 2. The summed E-state index contributed by atoms with van der Waals surface area (Å²) in [6.45, 7) is 11.2. The second kappa shape index (κ2) is 9.37. The number of fused-ring (bicyclic) bond motifs is 2. The Morgan fingerprint density at radius 3 is 2.53 bits per heavy atom. The van der Waals surface area contributed by atoms with Gasteiger partial charge in [0.1, 0.15) is 5.75 Å². The maximum Gasteiger partial charge on any atom is 0.246 e. The monoisotopic (exact) mass is 459 g/mol. The summed E-state index contributed by atoms with van der Waals surface area (Å²) in [4.78, 5) is 26.4. The van der Waals surface area contributed by atoms with Crippen molar-refractivity contribution < 1.29 is 14.3 Å². The predicted octanol–water partition coefficient (Wildman–Crippen LogP) is 4.18. The first kappa shape index (κ1) is 23.6. The summed E-state index contributed by atoms with van der Waals surface area (Å²) in [5.41, 5.74) is 2.77. The van der Waals surface area contributed by atoms with Gasteiger partial charge in [-0.3, -0.25) is 9.59 Å². The van der Waals surface area contributed by atoms with Crippen LogP contribution in [-0.2, 0) is 15.0 Å². The van der Waals surface area contributed by atoms with Crippen molar-refractivity contribution in [3.05, 3.63) is 77.9 Å². The van der Waals surface area contributed by atoms with Crippen LogP contribution in [0, 0.1) is 0 Å². The average Bonchev–Trinajstić information content (AvgIpc) is 3.00. The predicted molar refractivity (Wildman–Crippen MR) is 136 cm³/mol. The first-order chi connectivity index (χ1) is 16.3. The van der Waals surface area contributed by atoms with E-state index in [2.05, 4.69) is 66.3 Å². The minimum Gasteiger partial charge on any atom is -0.463 e. The minimum atomic E-state index is -0.724. The Balaban J connectivity index is 1.45. The standard InChI is InChI=1S/C28H33N3O3/c1-20(2)26(33)30-18-9-17-29-25(32)15-19-31-23-12-7-6-11-22(23)27(3,4)28(31)16-14-21-10-5-8-13-24(21)34-28/h5-8,10-14,16H,1,9,15,17-19H2,2-4H3,(H,29,32)(H,30,33). The first-order valence-electron chi connectivity index (χ1n) is 11.8. The van der Waals surface area contributed by atoms with Gasteiger partial charge < -0.3 is 20.3 Å². The first-order valence-corrected chi connectivity index (χ1v) is 11.8. The fourth-order valence-electron chi connectivity index (χ4n) is 4.80. The summed E-state index contributed by atoms with van der Waals surface area (Å²) in [6.07, 6.45) is 5.26. The van der Waals surface area contributed by atoms with Gasteiger partial charge in [0.05, 0.1) is 5.41 Å². The summed E-state index contributed by atoms with van der Waals surface area (Å²) in [5.74, 6) is 0.662. The molecule has 0 fully saturated rings. The fourth-order valence-corrected chi connectivity index (χ4v) is 4.80. The highest BCUT2D eigenvalue weighted by Gasteiger charge is 2.58. The van der Waals surface area contributed by atoms with E-state index in [1.54, 1.807) is 6.92 Å². The second-order valence-corrected chi connectivity index (χ2v) is 9.45. The molecule has 1 unspecified atom stereocenters. The third-order valence-corrected chi connectivity index (χ3v) is 6.75. The van der Waals surface area contributed by atoms with Gasteiger partial charge in [0, 0.05) is 42.9 Å². The lowest BCUT2D eigenvalue weighted by atomic mass is 9.76. The van der Waals surface area contributed by atoms with Gasteiger partial charge in [-0.05, 0) is 57.0 Å². The molecule has 178 valence electrons. The number of hydrogen-bond donors (Lipinski definition) is 2. The molecular formula is C28H33N3O3. The number of hydrogen-bond acceptors (Lipinski definition) is 4. The van der Waals surface area contributed by atoms with Gasteiger partial charge in [-0.2, -0.15) is 0 Å². The van der Waals surface area contributed by atoms with E-state index < -0.39 is 5.72 Å². The number of rotatable bonds is 8. The third kappa shape index (κ3) is 4.20. The van der Waals surface area contributed by atoms with Crippen molar-refractivity contribution in [1.29, 1.82) is 0 Å². The highest BCUT2D eigenvalue weighted by Crippen LogP contribution is 2.54. The van der Waals surface area contributed by atoms with Gasteiger partial charge in [0.25, 0.3) is 0 Å². The molecule has 1 spiro atoms. The van der Waals surface area contributed by atoms with E-state index in [1.165, 1.54) is 5.56 Å². The van der Waals surface area contributed by atoms with Crippen molar-refractivity contribution in [2.24, 2.45) is 0 Å². The molecule has 0 radical (unpaired) electrons. The molecule has 2 aliphatic heterocycles. The van der Waals surface area contributed by atoms with E-state index in [4.69, 9.17) is 4.74 Å². The number of para-hydroxylation sites is 2. The molecule has 6 heteroatoms. The third-order valence-electron chi connectivity index (χ3n) is 6.75. The summed E-state index contributed by atoms with van der Waals surface area (Å²) in [6, 6.07) is 16.4. The number of carbonyl (C=O) groups is 2. The van der Waals surface area contributed by atoms with Crippen molar-refractivity contribution >= 4 is 23.6 Å². The molecule has 0 saturated carbocycles. The van der Waals surface area contributed by atoms with E-state index in [0.717, 1.165) is 17.0 Å². The topological polar surface area (TPSA) is 70.7 Å². The maximum atomic E-state index is 12.6. The van der Waals surface area contributed by atoms with Crippen LogP contribution in [0.1, 0.15) is 44.7 Å². The van der Waals surface area contributed by atoms with Gasteiger partial charge >= 0.3 is 0 Å². The SMILES string of the molecule is C=C(C)C(=O)NCCCNC(=O)CCN1c2ccccc2C(C)(C)C12C=Cc1ccccc1O2. The van der Waals surface area contributed by atoms with Crippen LogP contribution in [0.2, 0.25) is 0 Å². The number of nitrogens with zero attached hydrogens (tertiary/aromatic N) is 1. The molecule has 2 aliphatic rings. The zero-order chi connectivity index (χ0) is 24.3. The smallest absolute Gasteiger partial charge is 0.246 e. The van der Waals surface area contributed by atoms with E-state index >= 15 is 0 Å². The summed E-state index contributed by atoms with van der Waals surface area (Å²) in [7, 11) is 0. The number of benzene rings is 2. The van der Waals surface area contributed by atoms with Crippen LogP contribution in [0.4, 0.5) is 5.69 Å². The molecule has 4 rings (SSSR count). The zero-order valence-electron chi connectivity index (χ0n) is 20.2. The van der Waals surface area contributed by atoms with Crippen LogP contribution in [0.3, 0.4) is 0 Å². The van der Waals surface area contributed by atoms with Crippen LogP contribution >= 0.6 is 0 Å². The van der Waals surface area contributed by atoms with Gasteiger partial charge in [-0.25, -0.2) is 0 Å². The van der Waals surface area contributed by atoms with Crippen LogP contribution in [0.5, 0.6) is 5.75 Å². The maximum absolute atomic E-state index is 12.6. The Labute approximate surface area is 201 Å². The number of anilines is 1. The molecule has 2 heterocycles. The van der Waals surface area contributed by atoms with E-state index in [9.17, 15) is 9.59 Å². The van der Waals surface area contributed by atoms with E-state index in [0.29, 0.717) is 38.0 Å². The molecular weight excluding hydrogens is 426 g/mol. The molecule has 0 bridgehead atoms. The number of ether oxygens (including phenoxy) is 1. The molecule has 34 heavy (non-hydrogen) atoms. The van der Waals surface area contributed by atoms with Crippen molar-refractivity contribution in [3.63, 3.8) is 0 Å². The molecule has 2 aromatic carbocycles. The van der Waals surface area contributed by atoms with Crippen LogP contribution in [-0.4, -0.2) is 37.2 Å². The summed E-state index contributed by atoms with van der Waals surface area (Å²) in [5, 5.41) is 5.74. The number of carbonyl (C=O) groups excluding carboxylic acids is 2. The molecule has 6 nitrogen and oxygen atoms in total. The molecule has 0 saturated heterocycles. The average molecular weight is 460 g/mol. The Morgan fingerprint density at radius 2 is 1.74 bits per heavy atom. The Morgan fingerprint density at radius 1 is 1.03 bits per heavy atom. The highest BCUT2D eigenvalue weighted by atomic mass is 16.5. The Bertz CT molecular complexity index is 1140. The molecule has 0 aromatic heterocycles. The quantitative estimate of drug-likeness (QED) is 0.459. The van der Waals surface area contributed by atoms with Crippen LogP contribution in [0.25, 0.3) is 6.08 Å². The normalized spacial score (nSPS) is 19.2. The minimum absolute atomic E-state index is 0.0243. The van der Waals surface area contributed by atoms with Gasteiger partial charge in [-0.1, -0.05) is 43.0 Å². The van der Waals surface area contributed by atoms with Gasteiger partial charge in [0.2, 0.25) is 17.5 Å². The van der Waals surface area contributed by atoms with E-state index in [-0.39, 0.29) is 17.2 Å². The lowest BCUT2D eigenvalue weighted by Gasteiger charge is -2.47. The van der Waals surface area contributed by atoms with Gasteiger partial charge in [0.15, 0.2) is 0 Å². The van der Waals surface area contributed by atoms with Gasteiger partial charge in [-0.15, -0.1) is 0 Å². The second-order valence-electron chi connectivity index (χ2n) is 9.45. The molecule has 2 aromatic rings. The van der Waals surface area contributed by atoms with Crippen LogP contribution < -0.4 is 20.3 Å². The Hall–Kier alpha value is -3.54.